The summed E-state index contributed by atoms with van der Waals surface area (Å²) >= 11 is 0. The highest BCUT2D eigenvalue weighted by atomic mass is 19.1. The van der Waals surface area contributed by atoms with Crippen LogP contribution in [0.4, 0.5) is 4.39 Å². The largest absolute Gasteiger partial charge is 0.493 e. The maximum Gasteiger partial charge on any atom is 0.125 e. The fraction of sp³-hybridized carbons (Fsp3) is 0.625. The van der Waals surface area contributed by atoms with Crippen LogP contribution in [0.1, 0.15) is 64.0 Å². The van der Waals surface area contributed by atoms with Gasteiger partial charge in [0.15, 0.2) is 0 Å². The second-order valence-electron chi connectivity index (χ2n) is 4.97. The minimum atomic E-state index is -0.713. The predicted molar refractivity (Wildman–Crippen MR) is 75.9 cm³/mol. The van der Waals surface area contributed by atoms with Crippen molar-refractivity contribution >= 4 is 0 Å². The number of ether oxygens (including phenoxy) is 1. The second kappa shape index (κ2) is 8.92. The minimum Gasteiger partial charge on any atom is -0.493 e. The van der Waals surface area contributed by atoms with E-state index in [0.29, 0.717) is 17.9 Å². The molecule has 0 aromatic heterocycles. The normalized spacial score (nSPS) is 12.4. The smallest absolute Gasteiger partial charge is 0.125 e. The zero-order valence-electron chi connectivity index (χ0n) is 12.0. The van der Waals surface area contributed by atoms with E-state index in [1.54, 1.807) is 13.0 Å². The van der Waals surface area contributed by atoms with Gasteiger partial charge in [0.05, 0.1) is 12.7 Å². The molecule has 0 aliphatic carbocycles. The van der Waals surface area contributed by atoms with Crippen molar-refractivity contribution in [2.45, 2.75) is 58.5 Å². The number of halogens is 1. The molecular weight excluding hydrogens is 243 g/mol. The average molecular weight is 268 g/mol. The van der Waals surface area contributed by atoms with Gasteiger partial charge in [-0.25, -0.2) is 4.39 Å². The van der Waals surface area contributed by atoms with E-state index in [4.69, 9.17) is 4.74 Å². The summed E-state index contributed by atoms with van der Waals surface area (Å²) in [4.78, 5) is 0. The van der Waals surface area contributed by atoms with Crippen LogP contribution in [-0.4, -0.2) is 11.7 Å². The molecule has 0 saturated heterocycles. The number of hydrogen-bond acceptors (Lipinski definition) is 2. The molecule has 2 nitrogen and oxygen atoms in total. The molecule has 0 aliphatic heterocycles. The van der Waals surface area contributed by atoms with Crippen LogP contribution in [0.3, 0.4) is 0 Å². The van der Waals surface area contributed by atoms with Gasteiger partial charge in [-0.15, -0.1) is 0 Å². The Labute approximate surface area is 115 Å². The summed E-state index contributed by atoms with van der Waals surface area (Å²) in [5, 5.41) is 9.58. The van der Waals surface area contributed by atoms with Crippen molar-refractivity contribution in [1.82, 2.24) is 0 Å². The van der Waals surface area contributed by atoms with Gasteiger partial charge in [-0.05, 0) is 31.5 Å². The summed E-state index contributed by atoms with van der Waals surface area (Å²) in [7, 11) is 0. The van der Waals surface area contributed by atoms with Gasteiger partial charge in [0.2, 0.25) is 0 Å². The molecule has 1 unspecified atom stereocenters. The van der Waals surface area contributed by atoms with Gasteiger partial charge in [0, 0.05) is 5.56 Å². The Bertz CT molecular complexity index is 364. The summed E-state index contributed by atoms with van der Waals surface area (Å²) < 4.78 is 18.7. The maximum atomic E-state index is 13.1. The van der Waals surface area contributed by atoms with Gasteiger partial charge < -0.3 is 9.84 Å². The van der Waals surface area contributed by atoms with Crippen molar-refractivity contribution in [2.75, 3.05) is 6.61 Å². The lowest BCUT2D eigenvalue weighted by Crippen LogP contribution is -2.03. The highest BCUT2D eigenvalue weighted by Crippen LogP contribution is 2.26. The van der Waals surface area contributed by atoms with Gasteiger partial charge >= 0.3 is 0 Å². The second-order valence-corrected chi connectivity index (χ2v) is 4.97. The van der Waals surface area contributed by atoms with Crippen LogP contribution < -0.4 is 4.74 Å². The van der Waals surface area contributed by atoms with Crippen molar-refractivity contribution in [3.8, 4) is 5.75 Å². The van der Waals surface area contributed by atoms with E-state index in [2.05, 4.69) is 6.92 Å². The molecule has 0 radical (unpaired) electrons. The first kappa shape index (κ1) is 16.0. The van der Waals surface area contributed by atoms with Crippen LogP contribution in [-0.2, 0) is 0 Å². The number of aliphatic hydroxyl groups is 1. The lowest BCUT2D eigenvalue weighted by atomic mass is 10.1. The van der Waals surface area contributed by atoms with Crippen LogP contribution >= 0.6 is 0 Å². The van der Waals surface area contributed by atoms with Crippen molar-refractivity contribution in [3.63, 3.8) is 0 Å². The SMILES string of the molecule is CCCCCCCCOc1ccc(F)cc1C(C)O. The Hall–Kier alpha value is -1.09. The summed E-state index contributed by atoms with van der Waals surface area (Å²) in [5.74, 6) is 0.243. The molecule has 1 atom stereocenters. The van der Waals surface area contributed by atoms with Gasteiger partial charge in [-0.2, -0.15) is 0 Å². The molecule has 108 valence electrons. The fourth-order valence-electron chi connectivity index (χ4n) is 2.04. The summed E-state index contributed by atoms with van der Waals surface area (Å²) in [6.07, 6.45) is 6.52. The Morgan fingerprint density at radius 3 is 2.53 bits per heavy atom. The van der Waals surface area contributed by atoms with Crippen LogP contribution in [0, 0.1) is 5.82 Å². The first-order chi connectivity index (χ1) is 9.15. The van der Waals surface area contributed by atoms with Gasteiger partial charge in [0.25, 0.3) is 0 Å². The standard InChI is InChI=1S/C16H25FO2/c1-3-4-5-6-7-8-11-19-16-10-9-14(17)12-15(16)13(2)18/h9-10,12-13,18H,3-8,11H2,1-2H3. The van der Waals surface area contributed by atoms with Crippen LogP contribution in [0.25, 0.3) is 0 Å². The number of hydrogen-bond donors (Lipinski definition) is 1. The molecule has 3 heteroatoms. The lowest BCUT2D eigenvalue weighted by Gasteiger charge is -2.13. The maximum absolute atomic E-state index is 13.1. The highest BCUT2D eigenvalue weighted by Gasteiger charge is 2.10. The zero-order chi connectivity index (χ0) is 14.1. The zero-order valence-corrected chi connectivity index (χ0v) is 12.0. The van der Waals surface area contributed by atoms with Gasteiger partial charge in [-0.3, -0.25) is 0 Å². The summed E-state index contributed by atoms with van der Waals surface area (Å²) in [6, 6.07) is 4.29. The first-order valence-electron chi connectivity index (χ1n) is 7.25. The molecule has 0 saturated carbocycles. The topological polar surface area (TPSA) is 29.5 Å². The van der Waals surface area contributed by atoms with Crippen molar-refractivity contribution in [3.05, 3.63) is 29.6 Å². The molecule has 0 heterocycles. The third-order valence-electron chi connectivity index (χ3n) is 3.18. The molecule has 1 aromatic rings. The highest BCUT2D eigenvalue weighted by molar-refractivity contribution is 5.35. The van der Waals surface area contributed by atoms with E-state index >= 15 is 0 Å². The number of rotatable bonds is 9. The van der Waals surface area contributed by atoms with E-state index < -0.39 is 6.10 Å². The molecule has 1 rings (SSSR count). The Morgan fingerprint density at radius 2 is 1.84 bits per heavy atom. The predicted octanol–water partition coefficient (Wildman–Crippen LogP) is 4.62. The molecule has 0 aliphatic rings. The van der Waals surface area contributed by atoms with Crippen LogP contribution in [0.5, 0.6) is 5.75 Å². The summed E-state index contributed by atoms with van der Waals surface area (Å²) in [6.45, 7) is 4.44. The lowest BCUT2D eigenvalue weighted by molar-refractivity contribution is 0.190. The molecule has 0 spiro atoms. The quantitative estimate of drug-likeness (QED) is 0.662. The monoisotopic (exact) mass is 268 g/mol. The molecule has 1 aromatic carbocycles. The number of benzene rings is 1. The number of aliphatic hydroxyl groups excluding tert-OH is 1. The van der Waals surface area contributed by atoms with E-state index in [1.165, 1.54) is 37.8 Å². The van der Waals surface area contributed by atoms with Crippen molar-refractivity contribution < 1.29 is 14.2 Å². The van der Waals surface area contributed by atoms with Crippen molar-refractivity contribution in [1.29, 1.82) is 0 Å². The van der Waals surface area contributed by atoms with E-state index in [9.17, 15) is 9.50 Å². The summed E-state index contributed by atoms with van der Waals surface area (Å²) in [5.41, 5.74) is 0.519. The number of unbranched alkanes of at least 4 members (excludes halogenated alkanes) is 5. The first-order valence-corrected chi connectivity index (χ1v) is 7.25. The molecule has 19 heavy (non-hydrogen) atoms. The Morgan fingerprint density at radius 1 is 1.16 bits per heavy atom. The molecule has 0 bridgehead atoms. The van der Waals surface area contributed by atoms with Gasteiger partial charge in [0.1, 0.15) is 11.6 Å². The van der Waals surface area contributed by atoms with Crippen molar-refractivity contribution in [2.24, 2.45) is 0 Å². The van der Waals surface area contributed by atoms with Crippen LogP contribution in [0.2, 0.25) is 0 Å². The third kappa shape index (κ3) is 6.06. The average Bonchev–Trinajstić information content (AvgIpc) is 2.39. The minimum absolute atomic E-state index is 0.345. The Balaban J connectivity index is 2.33. The third-order valence-corrected chi connectivity index (χ3v) is 3.18. The molecule has 0 amide bonds. The van der Waals surface area contributed by atoms with E-state index in [1.807, 2.05) is 0 Å². The fourth-order valence-corrected chi connectivity index (χ4v) is 2.04. The Kier molecular flexibility index (Phi) is 7.49. The molecule has 0 fully saturated rings. The van der Waals surface area contributed by atoms with Crippen LogP contribution in [0.15, 0.2) is 18.2 Å². The van der Waals surface area contributed by atoms with E-state index in [0.717, 1.165) is 12.8 Å². The molecular formula is C16H25FO2. The molecule has 1 N–H and O–H groups in total. The van der Waals surface area contributed by atoms with E-state index in [-0.39, 0.29) is 5.82 Å². The van der Waals surface area contributed by atoms with Gasteiger partial charge in [-0.1, -0.05) is 39.0 Å².